The molecule has 7 heteroatoms. The van der Waals surface area contributed by atoms with Crippen molar-refractivity contribution in [2.45, 2.75) is 51.9 Å². The molecule has 0 rings (SSSR count). The first kappa shape index (κ1) is 22.3. The molecule has 0 aliphatic carbocycles. The molecule has 0 saturated heterocycles. The fourth-order valence-electron chi connectivity index (χ4n) is 1.57. The van der Waals surface area contributed by atoms with Gasteiger partial charge in [0.2, 0.25) is 0 Å². The van der Waals surface area contributed by atoms with Gasteiger partial charge in [0, 0.05) is 11.1 Å². The van der Waals surface area contributed by atoms with Crippen molar-refractivity contribution in [2.75, 3.05) is 19.8 Å². The molecule has 0 bridgehead atoms. The summed E-state index contributed by atoms with van der Waals surface area (Å²) in [5.74, 6) is -1.60. The Balaban J connectivity index is 4.44. The molecular weight excluding hydrogens is 316 g/mol. The number of carboxylic acids is 1. The first-order chi connectivity index (χ1) is 11.1. The highest BCUT2D eigenvalue weighted by atomic mass is 16.6. The van der Waals surface area contributed by atoms with E-state index in [1.165, 1.54) is 6.92 Å². The van der Waals surface area contributed by atoms with E-state index in [2.05, 4.69) is 13.2 Å². The lowest BCUT2D eigenvalue weighted by atomic mass is 10.1. The van der Waals surface area contributed by atoms with Gasteiger partial charge in [-0.2, -0.15) is 0 Å². The van der Waals surface area contributed by atoms with E-state index in [-0.39, 0.29) is 43.5 Å². The Morgan fingerprint density at radius 2 is 1.71 bits per heavy atom. The van der Waals surface area contributed by atoms with E-state index in [1.807, 2.05) is 0 Å². The normalized spacial score (nSPS) is 14.5. The van der Waals surface area contributed by atoms with Crippen LogP contribution in [-0.4, -0.2) is 60.3 Å². The molecule has 0 aliphatic rings. The van der Waals surface area contributed by atoms with Crippen LogP contribution in [0.4, 0.5) is 0 Å². The number of hydrogen-bond donors (Lipinski definition) is 2. The lowest BCUT2D eigenvalue weighted by Crippen LogP contribution is -2.28. The lowest BCUT2D eigenvalue weighted by molar-refractivity contribution is -0.145. The molecule has 0 amide bonds. The Kier molecular flexibility index (Phi) is 10.9. The quantitative estimate of drug-likeness (QED) is 0.387. The highest BCUT2D eigenvalue weighted by molar-refractivity contribution is 5.87. The zero-order valence-corrected chi connectivity index (χ0v) is 14.6. The van der Waals surface area contributed by atoms with Gasteiger partial charge in [0.15, 0.2) is 0 Å². The van der Waals surface area contributed by atoms with Crippen molar-refractivity contribution in [2.24, 2.45) is 0 Å². The van der Waals surface area contributed by atoms with Crippen molar-refractivity contribution in [3.63, 3.8) is 0 Å². The predicted octanol–water partition coefficient (Wildman–Crippen LogP) is 1.70. The number of aliphatic carboxylic acids is 1. The number of rotatable bonds is 13. The van der Waals surface area contributed by atoms with Crippen LogP contribution in [0.3, 0.4) is 0 Å². The SMILES string of the molecule is C=C(C)C(=O)OCC(CCC(=C)C(=O)O)OCC(C)OCC(C)O. The average Bonchev–Trinajstić information content (AvgIpc) is 2.50. The Bertz CT molecular complexity index is 412. The fraction of sp³-hybridized carbons (Fsp3) is 0.647. The minimum atomic E-state index is -1.07. The summed E-state index contributed by atoms with van der Waals surface area (Å²) in [6.07, 6.45) is -0.757. The smallest absolute Gasteiger partial charge is 0.333 e. The van der Waals surface area contributed by atoms with E-state index in [0.29, 0.717) is 6.42 Å². The zero-order chi connectivity index (χ0) is 18.7. The van der Waals surface area contributed by atoms with Crippen molar-refractivity contribution in [3.05, 3.63) is 24.3 Å². The number of esters is 1. The summed E-state index contributed by atoms with van der Waals surface area (Å²) < 4.78 is 16.1. The number of carbonyl (C=O) groups is 2. The number of hydrogen-bond acceptors (Lipinski definition) is 6. The second-order valence-electron chi connectivity index (χ2n) is 5.77. The molecule has 0 aromatic heterocycles. The van der Waals surface area contributed by atoms with Crippen molar-refractivity contribution in [1.82, 2.24) is 0 Å². The highest BCUT2D eigenvalue weighted by Crippen LogP contribution is 2.11. The number of carboxylic acid groups (broad SMARTS) is 1. The third-order valence-corrected chi connectivity index (χ3v) is 3.01. The molecule has 0 aromatic rings. The van der Waals surface area contributed by atoms with Crippen LogP contribution in [0.15, 0.2) is 24.3 Å². The van der Waals surface area contributed by atoms with Crippen LogP contribution >= 0.6 is 0 Å². The Labute approximate surface area is 142 Å². The van der Waals surface area contributed by atoms with Gasteiger partial charge in [0.05, 0.1) is 31.5 Å². The molecular formula is C17H28O7. The maximum Gasteiger partial charge on any atom is 0.333 e. The summed E-state index contributed by atoms with van der Waals surface area (Å²) in [5, 5.41) is 18.0. The Morgan fingerprint density at radius 1 is 1.08 bits per heavy atom. The fourth-order valence-corrected chi connectivity index (χ4v) is 1.57. The standard InChI is InChI=1S/C17H28O7/c1-11(2)17(21)24-10-15(7-6-12(3)16(19)20)23-9-14(5)22-8-13(4)18/h13-15,18H,1,3,6-10H2,2,4-5H3,(H,19,20). The molecule has 3 unspecified atom stereocenters. The van der Waals surface area contributed by atoms with Crippen molar-refractivity contribution in [1.29, 1.82) is 0 Å². The van der Waals surface area contributed by atoms with Crippen LogP contribution in [0, 0.1) is 0 Å². The van der Waals surface area contributed by atoms with Crippen LogP contribution in [-0.2, 0) is 23.8 Å². The van der Waals surface area contributed by atoms with E-state index in [0.717, 1.165) is 0 Å². The molecule has 138 valence electrons. The van der Waals surface area contributed by atoms with Crippen LogP contribution in [0.5, 0.6) is 0 Å². The van der Waals surface area contributed by atoms with Gasteiger partial charge in [0.25, 0.3) is 0 Å². The van der Waals surface area contributed by atoms with Crippen molar-refractivity contribution >= 4 is 11.9 Å². The summed E-state index contributed by atoms with van der Waals surface area (Å²) in [7, 11) is 0. The van der Waals surface area contributed by atoms with Crippen molar-refractivity contribution in [3.8, 4) is 0 Å². The minimum Gasteiger partial charge on any atom is -0.478 e. The second kappa shape index (κ2) is 11.8. The molecule has 24 heavy (non-hydrogen) atoms. The van der Waals surface area contributed by atoms with Crippen LogP contribution in [0.1, 0.15) is 33.6 Å². The number of aliphatic hydroxyl groups is 1. The maximum absolute atomic E-state index is 11.5. The van der Waals surface area contributed by atoms with E-state index >= 15 is 0 Å². The van der Waals surface area contributed by atoms with E-state index in [9.17, 15) is 14.7 Å². The summed E-state index contributed by atoms with van der Waals surface area (Å²) in [4.78, 5) is 22.3. The van der Waals surface area contributed by atoms with Gasteiger partial charge in [0.1, 0.15) is 6.61 Å². The largest absolute Gasteiger partial charge is 0.478 e. The van der Waals surface area contributed by atoms with Gasteiger partial charge < -0.3 is 24.4 Å². The molecule has 0 fully saturated rings. The number of carbonyl (C=O) groups excluding carboxylic acids is 1. The molecule has 0 saturated carbocycles. The molecule has 0 spiro atoms. The van der Waals surface area contributed by atoms with E-state index < -0.39 is 24.1 Å². The molecule has 3 atom stereocenters. The first-order valence-corrected chi connectivity index (χ1v) is 7.78. The summed E-state index contributed by atoms with van der Waals surface area (Å²) in [6, 6.07) is 0. The minimum absolute atomic E-state index is 0.0122. The average molecular weight is 344 g/mol. The van der Waals surface area contributed by atoms with Gasteiger partial charge in [-0.25, -0.2) is 9.59 Å². The number of aliphatic hydroxyl groups excluding tert-OH is 1. The zero-order valence-electron chi connectivity index (χ0n) is 14.6. The monoisotopic (exact) mass is 344 g/mol. The first-order valence-electron chi connectivity index (χ1n) is 7.78. The Morgan fingerprint density at radius 3 is 2.21 bits per heavy atom. The molecule has 0 aliphatic heterocycles. The summed E-state index contributed by atoms with van der Waals surface area (Å²) >= 11 is 0. The van der Waals surface area contributed by atoms with E-state index in [1.54, 1.807) is 13.8 Å². The summed E-state index contributed by atoms with van der Waals surface area (Å²) in [5.41, 5.74) is 0.338. The lowest BCUT2D eigenvalue weighted by Gasteiger charge is -2.21. The third-order valence-electron chi connectivity index (χ3n) is 3.01. The summed E-state index contributed by atoms with van der Waals surface area (Å²) in [6.45, 7) is 12.3. The highest BCUT2D eigenvalue weighted by Gasteiger charge is 2.17. The van der Waals surface area contributed by atoms with Gasteiger partial charge in [-0.1, -0.05) is 13.2 Å². The molecule has 0 aromatic carbocycles. The van der Waals surface area contributed by atoms with Gasteiger partial charge in [-0.15, -0.1) is 0 Å². The second-order valence-corrected chi connectivity index (χ2v) is 5.77. The maximum atomic E-state index is 11.5. The van der Waals surface area contributed by atoms with Gasteiger partial charge >= 0.3 is 11.9 Å². The Hall–Kier alpha value is -1.70. The molecule has 7 nitrogen and oxygen atoms in total. The van der Waals surface area contributed by atoms with Crippen LogP contribution in [0.2, 0.25) is 0 Å². The molecule has 2 N–H and O–H groups in total. The van der Waals surface area contributed by atoms with Crippen molar-refractivity contribution < 1.29 is 34.0 Å². The number of ether oxygens (including phenoxy) is 3. The molecule has 0 heterocycles. The van der Waals surface area contributed by atoms with Gasteiger partial charge in [-0.05, 0) is 33.6 Å². The molecule has 0 radical (unpaired) electrons. The van der Waals surface area contributed by atoms with E-state index in [4.69, 9.17) is 19.3 Å². The van der Waals surface area contributed by atoms with Gasteiger partial charge in [-0.3, -0.25) is 0 Å². The predicted molar refractivity (Wildman–Crippen MR) is 88.6 cm³/mol. The topological polar surface area (TPSA) is 102 Å². The van der Waals surface area contributed by atoms with Crippen LogP contribution < -0.4 is 0 Å². The third kappa shape index (κ3) is 10.9. The van der Waals surface area contributed by atoms with Crippen LogP contribution in [0.25, 0.3) is 0 Å².